The second-order valence-corrected chi connectivity index (χ2v) is 14.5. The van der Waals surface area contributed by atoms with Crippen LogP contribution in [-0.2, 0) is 53.2 Å². The maximum absolute atomic E-state index is 13.9. The van der Waals surface area contributed by atoms with Crippen molar-refractivity contribution >= 4 is 30.0 Å². The van der Waals surface area contributed by atoms with E-state index in [0.717, 1.165) is 23.1 Å². The number of benzene rings is 3. The molecule has 55 heavy (non-hydrogen) atoms. The summed E-state index contributed by atoms with van der Waals surface area (Å²) in [4.78, 5) is 67.2. The van der Waals surface area contributed by atoms with Gasteiger partial charge in [0.1, 0.15) is 37.5 Å². The Morgan fingerprint density at radius 2 is 1.29 bits per heavy atom. The van der Waals surface area contributed by atoms with Gasteiger partial charge in [-0.2, -0.15) is 0 Å². The molecule has 0 saturated carbocycles. The van der Waals surface area contributed by atoms with E-state index in [2.05, 4.69) is 16.0 Å². The summed E-state index contributed by atoms with van der Waals surface area (Å²) in [6, 6.07) is 25.7. The van der Waals surface area contributed by atoms with Crippen LogP contribution in [0.5, 0.6) is 0 Å². The van der Waals surface area contributed by atoms with Crippen LogP contribution in [0.2, 0.25) is 0 Å². The normalized spacial score (nSPS) is 15.2. The molecule has 1 fully saturated rings. The lowest BCUT2D eigenvalue weighted by molar-refractivity contribution is -0.150. The summed E-state index contributed by atoms with van der Waals surface area (Å²) in [6.07, 6.45) is 1.23. The number of hydrogen-bond acceptors (Lipinski definition) is 10. The van der Waals surface area contributed by atoms with Crippen LogP contribution in [0.3, 0.4) is 0 Å². The fourth-order valence-corrected chi connectivity index (χ4v) is 6.03. The van der Waals surface area contributed by atoms with Crippen LogP contribution >= 0.6 is 0 Å². The van der Waals surface area contributed by atoms with Crippen molar-refractivity contribution in [3.63, 3.8) is 0 Å². The van der Waals surface area contributed by atoms with Crippen molar-refractivity contribution in [2.75, 3.05) is 19.6 Å². The predicted molar refractivity (Wildman–Crippen MR) is 205 cm³/mol. The molecule has 3 atom stereocenters. The molecule has 3 aromatic rings. The van der Waals surface area contributed by atoms with Gasteiger partial charge < -0.3 is 34.9 Å². The zero-order chi connectivity index (χ0) is 39.5. The first-order valence-corrected chi connectivity index (χ1v) is 18.8. The molecule has 0 spiro atoms. The van der Waals surface area contributed by atoms with Gasteiger partial charge in [-0.1, -0.05) is 91.0 Å². The lowest BCUT2D eigenvalue weighted by Crippen LogP contribution is -2.54. The van der Waals surface area contributed by atoms with Crippen molar-refractivity contribution in [1.29, 1.82) is 0 Å². The summed E-state index contributed by atoms with van der Waals surface area (Å²) in [6.45, 7) is 6.70. The molecule has 4 rings (SSSR count). The molecule has 0 bridgehead atoms. The van der Waals surface area contributed by atoms with E-state index in [0.29, 0.717) is 45.3 Å². The van der Waals surface area contributed by atoms with E-state index in [9.17, 15) is 24.0 Å². The topological polar surface area (TPSA) is 162 Å². The Labute approximate surface area is 323 Å². The van der Waals surface area contributed by atoms with Crippen LogP contribution < -0.4 is 16.0 Å². The number of amides is 3. The van der Waals surface area contributed by atoms with Gasteiger partial charge >= 0.3 is 24.1 Å². The minimum atomic E-state index is -1.30. The highest BCUT2D eigenvalue weighted by Crippen LogP contribution is 2.21. The third-order valence-electron chi connectivity index (χ3n) is 8.74. The molecule has 1 saturated heterocycles. The summed E-state index contributed by atoms with van der Waals surface area (Å²) in [5.74, 6) is -1.62. The predicted octanol–water partition coefficient (Wildman–Crippen LogP) is 5.80. The van der Waals surface area contributed by atoms with Crippen LogP contribution in [0.4, 0.5) is 9.59 Å². The van der Waals surface area contributed by atoms with Gasteiger partial charge in [-0.15, -0.1) is 0 Å². The third kappa shape index (κ3) is 16.2. The molecule has 13 nitrogen and oxygen atoms in total. The number of rotatable bonds is 19. The van der Waals surface area contributed by atoms with E-state index in [1.807, 2.05) is 95.9 Å². The molecule has 0 unspecified atom stereocenters. The number of esters is 2. The van der Waals surface area contributed by atoms with E-state index in [1.54, 1.807) is 20.8 Å². The molecule has 13 heteroatoms. The molecule has 1 heterocycles. The summed E-state index contributed by atoms with van der Waals surface area (Å²) < 4.78 is 21.8. The van der Waals surface area contributed by atoms with E-state index >= 15 is 0 Å². The number of likely N-dealkylation sites (tertiary alicyclic amines) is 1. The van der Waals surface area contributed by atoms with Gasteiger partial charge in [0.05, 0.1) is 6.42 Å². The molecule has 3 aromatic carbocycles. The molecule has 0 aromatic heterocycles. The van der Waals surface area contributed by atoms with Gasteiger partial charge in [-0.25, -0.2) is 9.59 Å². The minimum Gasteiger partial charge on any atom is -0.461 e. The van der Waals surface area contributed by atoms with Gasteiger partial charge in [-0.05, 0) is 76.1 Å². The molecule has 1 aliphatic rings. The molecule has 3 N–H and O–H groups in total. The molecular formula is C42H54N4O9. The first kappa shape index (κ1) is 42.3. The number of hydrogen-bond donors (Lipinski definition) is 3. The first-order chi connectivity index (χ1) is 26.4. The molecular weight excluding hydrogens is 704 g/mol. The third-order valence-corrected chi connectivity index (χ3v) is 8.74. The number of carbonyl (C=O) groups is 5. The largest absolute Gasteiger partial charge is 0.461 e. The Balaban J connectivity index is 1.39. The van der Waals surface area contributed by atoms with Gasteiger partial charge in [0.25, 0.3) is 0 Å². The fourth-order valence-electron chi connectivity index (χ4n) is 6.03. The van der Waals surface area contributed by atoms with Crippen molar-refractivity contribution in [3.05, 3.63) is 108 Å². The smallest absolute Gasteiger partial charge is 0.408 e. The van der Waals surface area contributed by atoms with E-state index < -0.39 is 54.2 Å². The van der Waals surface area contributed by atoms with E-state index in [4.69, 9.17) is 18.9 Å². The van der Waals surface area contributed by atoms with E-state index in [1.165, 1.54) is 0 Å². The Hall–Kier alpha value is -5.43. The van der Waals surface area contributed by atoms with Crippen molar-refractivity contribution < 1.29 is 42.9 Å². The Bertz CT molecular complexity index is 1650. The van der Waals surface area contributed by atoms with E-state index in [-0.39, 0.29) is 25.8 Å². The van der Waals surface area contributed by atoms with Gasteiger partial charge in [0.2, 0.25) is 5.91 Å². The van der Waals surface area contributed by atoms with Crippen LogP contribution in [0.15, 0.2) is 91.0 Å². The van der Waals surface area contributed by atoms with Crippen molar-refractivity contribution in [1.82, 2.24) is 20.9 Å². The first-order valence-electron chi connectivity index (χ1n) is 18.8. The number of unbranched alkanes of at least 4 members (excludes halogenated alkanes) is 1. The van der Waals surface area contributed by atoms with Gasteiger partial charge in [0.15, 0.2) is 0 Å². The highest BCUT2D eigenvalue weighted by molar-refractivity contribution is 5.89. The second-order valence-electron chi connectivity index (χ2n) is 14.5. The molecule has 0 aliphatic carbocycles. The second kappa shape index (κ2) is 22.1. The summed E-state index contributed by atoms with van der Waals surface area (Å²) in [7, 11) is 0. The summed E-state index contributed by atoms with van der Waals surface area (Å²) in [5, 5.41) is 8.34. The van der Waals surface area contributed by atoms with Crippen LogP contribution in [0, 0.1) is 0 Å². The summed E-state index contributed by atoms with van der Waals surface area (Å²) >= 11 is 0. The monoisotopic (exact) mass is 758 g/mol. The maximum Gasteiger partial charge on any atom is 0.408 e. The number of alkyl carbamates (subject to hydrolysis) is 2. The van der Waals surface area contributed by atoms with Crippen molar-refractivity contribution in [2.45, 2.75) is 103 Å². The molecule has 3 amide bonds. The standard InChI is InChI=1S/C42H54N4O9/c1-42(2,3)55-41(51)45-35(26-37(47)52-28-31-16-7-4-8-17-31)38(48)44-34(22-13-14-24-43-40(50)54-30-33-20-11-6-12-21-33)27-46-25-15-23-36(46)39(49)53-29-32-18-9-5-10-19-32/h4-12,16-21,34-36H,13-15,22-30H2,1-3H3,(H,43,50)(H,44,48)(H,45,51)/t34-,35-,36-/m0/s1. The Morgan fingerprint density at radius 1 is 0.727 bits per heavy atom. The van der Waals surface area contributed by atoms with Gasteiger partial charge in [0, 0.05) is 19.1 Å². The molecule has 296 valence electrons. The SMILES string of the molecule is CC(C)(C)OC(=O)N[C@@H](CC(=O)OCc1ccccc1)C(=O)N[C@@H](CCCCNC(=O)OCc1ccccc1)CN1CCC[C@H]1C(=O)OCc1ccccc1. The van der Waals surface area contributed by atoms with Crippen molar-refractivity contribution in [2.24, 2.45) is 0 Å². The minimum absolute atomic E-state index is 0.00757. The average Bonchev–Trinajstić information content (AvgIpc) is 3.63. The number of carbonyl (C=O) groups excluding carboxylic acids is 5. The van der Waals surface area contributed by atoms with Crippen molar-refractivity contribution in [3.8, 4) is 0 Å². The number of ether oxygens (including phenoxy) is 4. The number of nitrogens with zero attached hydrogens (tertiary/aromatic N) is 1. The lowest BCUT2D eigenvalue weighted by Gasteiger charge is -2.30. The highest BCUT2D eigenvalue weighted by Gasteiger charge is 2.35. The zero-order valence-corrected chi connectivity index (χ0v) is 32.0. The quantitative estimate of drug-likeness (QED) is 0.0774. The van der Waals surface area contributed by atoms with Crippen LogP contribution in [0.25, 0.3) is 0 Å². The molecule has 1 aliphatic heterocycles. The fraction of sp³-hybridized carbons (Fsp3) is 0.452. The number of nitrogens with one attached hydrogen (secondary N) is 3. The Morgan fingerprint density at radius 3 is 1.87 bits per heavy atom. The maximum atomic E-state index is 13.9. The Kier molecular flexibility index (Phi) is 17.0. The molecule has 0 radical (unpaired) electrons. The van der Waals surface area contributed by atoms with Crippen LogP contribution in [-0.4, -0.2) is 78.3 Å². The lowest BCUT2D eigenvalue weighted by atomic mass is 10.1. The average molecular weight is 759 g/mol. The summed E-state index contributed by atoms with van der Waals surface area (Å²) in [5.41, 5.74) is 1.69. The van der Waals surface area contributed by atoms with Crippen LogP contribution in [0.1, 0.15) is 76.0 Å². The zero-order valence-electron chi connectivity index (χ0n) is 32.0. The van der Waals surface area contributed by atoms with Gasteiger partial charge in [-0.3, -0.25) is 19.3 Å². The highest BCUT2D eigenvalue weighted by atomic mass is 16.6.